The highest BCUT2D eigenvalue weighted by Gasteiger charge is 2.08. The Morgan fingerprint density at radius 2 is 1.44 bits per heavy atom. The third-order valence-electron chi connectivity index (χ3n) is 3.14. The molecule has 0 saturated carbocycles. The molecule has 2 nitrogen and oxygen atoms in total. The Kier molecular flexibility index (Phi) is 3.28. The molecule has 0 amide bonds. The van der Waals surface area contributed by atoms with E-state index in [2.05, 4.69) is 57.0 Å². The first-order chi connectivity index (χ1) is 8.47. The Morgan fingerprint density at radius 1 is 0.833 bits per heavy atom. The Labute approximate surface area is 109 Å². The molecule has 0 spiro atoms. The van der Waals surface area contributed by atoms with E-state index in [1.54, 1.807) is 0 Å². The fourth-order valence-corrected chi connectivity index (χ4v) is 2.23. The number of benzene rings is 2. The van der Waals surface area contributed by atoms with Crippen molar-refractivity contribution in [3.63, 3.8) is 0 Å². The smallest absolute Gasteiger partial charge is 0.0644 e. The lowest BCUT2D eigenvalue weighted by atomic mass is 10.1. The first kappa shape index (κ1) is 12.5. The lowest BCUT2D eigenvalue weighted by Crippen LogP contribution is -2.12. The second-order valence-electron chi connectivity index (χ2n) is 4.97. The van der Waals surface area contributed by atoms with Crippen LogP contribution in [0.4, 0.5) is 17.1 Å². The van der Waals surface area contributed by atoms with Gasteiger partial charge in [0.1, 0.15) is 0 Å². The predicted molar refractivity (Wildman–Crippen MR) is 79.6 cm³/mol. The van der Waals surface area contributed by atoms with Gasteiger partial charge in [0, 0.05) is 12.7 Å². The van der Waals surface area contributed by atoms with Gasteiger partial charge in [0.2, 0.25) is 0 Å². The van der Waals surface area contributed by atoms with Crippen molar-refractivity contribution in [3.05, 3.63) is 53.1 Å². The van der Waals surface area contributed by atoms with E-state index in [-0.39, 0.29) is 0 Å². The van der Waals surface area contributed by atoms with Crippen LogP contribution in [0.15, 0.2) is 36.4 Å². The molecule has 0 aliphatic rings. The molecule has 2 rings (SSSR count). The molecular weight excluding hydrogens is 220 g/mol. The number of hydrogen-bond acceptors (Lipinski definition) is 2. The molecule has 0 atom stereocenters. The number of nitrogens with two attached hydrogens (primary N) is 1. The van der Waals surface area contributed by atoms with Crippen LogP contribution in [0.5, 0.6) is 0 Å². The van der Waals surface area contributed by atoms with Gasteiger partial charge in [0.25, 0.3) is 0 Å². The SMILES string of the molecule is Cc1cc(C)cc(N(C)c2cc(C)ccc2N)c1. The van der Waals surface area contributed by atoms with Crippen LogP contribution in [0, 0.1) is 20.8 Å². The van der Waals surface area contributed by atoms with Gasteiger partial charge >= 0.3 is 0 Å². The quantitative estimate of drug-likeness (QED) is 0.805. The van der Waals surface area contributed by atoms with E-state index in [1.165, 1.54) is 22.4 Å². The zero-order valence-electron chi connectivity index (χ0n) is 11.5. The lowest BCUT2D eigenvalue weighted by Gasteiger charge is -2.22. The minimum Gasteiger partial charge on any atom is -0.397 e. The van der Waals surface area contributed by atoms with Crippen molar-refractivity contribution in [2.75, 3.05) is 17.7 Å². The summed E-state index contributed by atoms with van der Waals surface area (Å²) in [4.78, 5) is 2.14. The van der Waals surface area contributed by atoms with Crippen LogP contribution < -0.4 is 10.6 Å². The minimum atomic E-state index is 0.808. The van der Waals surface area contributed by atoms with Crippen molar-refractivity contribution in [2.45, 2.75) is 20.8 Å². The molecule has 0 heterocycles. The summed E-state index contributed by atoms with van der Waals surface area (Å²) in [7, 11) is 2.05. The van der Waals surface area contributed by atoms with Gasteiger partial charge in [-0.3, -0.25) is 0 Å². The molecule has 0 unspecified atom stereocenters. The summed E-state index contributed by atoms with van der Waals surface area (Å²) >= 11 is 0. The number of anilines is 3. The summed E-state index contributed by atoms with van der Waals surface area (Å²) in [6.07, 6.45) is 0. The van der Waals surface area contributed by atoms with Crippen molar-refractivity contribution < 1.29 is 0 Å². The van der Waals surface area contributed by atoms with Crippen LogP contribution in [-0.2, 0) is 0 Å². The van der Waals surface area contributed by atoms with Crippen molar-refractivity contribution >= 4 is 17.1 Å². The van der Waals surface area contributed by atoms with Crippen LogP contribution >= 0.6 is 0 Å². The topological polar surface area (TPSA) is 29.3 Å². The standard InChI is InChI=1S/C16H20N2/c1-11-5-6-15(17)16(10-11)18(4)14-8-12(2)7-13(3)9-14/h5-10H,17H2,1-4H3. The van der Waals surface area contributed by atoms with E-state index in [0.717, 1.165) is 11.4 Å². The zero-order valence-corrected chi connectivity index (χ0v) is 11.5. The van der Waals surface area contributed by atoms with E-state index in [1.807, 2.05) is 12.1 Å². The van der Waals surface area contributed by atoms with E-state index < -0.39 is 0 Å². The molecule has 18 heavy (non-hydrogen) atoms. The van der Waals surface area contributed by atoms with Gasteiger partial charge in [-0.1, -0.05) is 12.1 Å². The molecule has 2 aromatic rings. The fraction of sp³-hybridized carbons (Fsp3) is 0.250. The summed E-state index contributed by atoms with van der Waals surface area (Å²) in [5.41, 5.74) is 12.8. The van der Waals surface area contributed by atoms with Crippen LogP contribution in [0.2, 0.25) is 0 Å². The largest absolute Gasteiger partial charge is 0.397 e. The van der Waals surface area contributed by atoms with Crippen LogP contribution in [-0.4, -0.2) is 7.05 Å². The Hall–Kier alpha value is -1.96. The molecule has 0 aliphatic heterocycles. The number of nitrogen functional groups attached to an aromatic ring is 1. The molecule has 2 N–H and O–H groups in total. The molecule has 2 aromatic carbocycles. The Bertz CT molecular complexity index is 553. The first-order valence-corrected chi connectivity index (χ1v) is 6.15. The number of rotatable bonds is 2. The molecule has 0 aromatic heterocycles. The Morgan fingerprint density at radius 3 is 2.06 bits per heavy atom. The van der Waals surface area contributed by atoms with E-state index in [0.29, 0.717) is 0 Å². The van der Waals surface area contributed by atoms with Crippen LogP contribution in [0.25, 0.3) is 0 Å². The number of aryl methyl sites for hydroxylation is 3. The first-order valence-electron chi connectivity index (χ1n) is 6.15. The predicted octanol–water partition coefficient (Wildman–Crippen LogP) is 3.96. The third kappa shape index (κ3) is 2.48. The summed E-state index contributed by atoms with van der Waals surface area (Å²) in [5, 5.41) is 0. The maximum absolute atomic E-state index is 6.06. The highest BCUT2D eigenvalue weighted by Crippen LogP contribution is 2.30. The second-order valence-corrected chi connectivity index (χ2v) is 4.97. The molecular formula is C16H20N2. The maximum atomic E-state index is 6.06. The average Bonchev–Trinajstić information content (AvgIpc) is 2.30. The molecule has 0 radical (unpaired) electrons. The molecule has 94 valence electrons. The maximum Gasteiger partial charge on any atom is 0.0644 e. The number of nitrogens with zero attached hydrogens (tertiary/aromatic N) is 1. The summed E-state index contributed by atoms with van der Waals surface area (Å²) < 4.78 is 0. The third-order valence-corrected chi connectivity index (χ3v) is 3.14. The van der Waals surface area contributed by atoms with Gasteiger partial charge < -0.3 is 10.6 Å². The highest BCUT2D eigenvalue weighted by molar-refractivity contribution is 5.75. The molecule has 2 heteroatoms. The highest BCUT2D eigenvalue weighted by atomic mass is 15.1. The summed E-state index contributed by atoms with van der Waals surface area (Å²) in [6.45, 7) is 6.31. The normalized spacial score (nSPS) is 10.4. The van der Waals surface area contributed by atoms with Gasteiger partial charge in [-0.15, -0.1) is 0 Å². The van der Waals surface area contributed by atoms with E-state index in [9.17, 15) is 0 Å². The van der Waals surface area contributed by atoms with Gasteiger partial charge in [0.05, 0.1) is 11.4 Å². The van der Waals surface area contributed by atoms with E-state index >= 15 is 0 Å². The number of hydrogen-bond donors (Lipinski definition) is 1. The fourth-order valence-electron chi connectivity index (χ4n) is 2.23. The molecule has 0 fully saturated rings. The van der Waals surface area contributed by atoms with Crippen LogP contribution in [0.3, 0.4) is 0 Å². The Balaban J connectivity index is 2.47. The molecule has 0 saturated heterocycles. The molecule has 0 aliphatic carbocycles. The monoisotopic (exact) mass is 240 g/mol. The second kappa shape index (κ2) is 4.73. The summed E-state index contributed by atoms with van der Waals surface area (Å²) in [5.74, 6) is 0. The van der Waals surface area contributed by atoms with Crippen molar-refractivity contribution in [2.24, 2.45) is 0 Å². The summed E-state index contributed by atoms with van der Waals surface area (Å²) in [6, 6.07) is 12.6. The van der Waals surface area contributed by atoms with Crippen molar-refractivity contribution in [1.82, 2.24) is 0 Å². The van der Waals surface area contributed by atoms with Crippen LogP contribution in [0.1, 0.15) is 16.7 Å². The van der Waals surface area contributed by atoms with Gasteiger partial charge in [-0.25, -0.2) is 0 Å². The van der Waals surface area contributed by atoms with Crippen molar-refractivity contribution in [1.29, 1.82) is 0 Å². The molecule has 0 bridgehead atoms. The van der Waals surface area contributed by atoms with Gasteiger partial charge in [-0.05, 0) is 61.7 Å². The van der Waals surface area contributed by atoms with Gasteiger partial charge in [0.15, 0.2) is 0 Å². The zero-order chi connectivity index (χ0) is 13.3. The van der Waals surface area contributed by atoms with Gasteiger partial charge in [-0.2, -0.15) is 0 Å². The average molecular weight is 240 g/mol. The van der Waals surface area contributed by atoms with Crippen molar-refractivity contribution in [3.8, 4) is 0 Å². The van der Waals surface area contributed by atoms with E-state index in [4.69, 9.17) is 5.73 Å². The lowest BCUT2D eigenvalue weighted by molar-refractivity contribution is 1.19. The minimum absolute atomic E-state index is 0.808.